The van der Waals surface area contributed by atoms with Crippen molar-refractivity contribution in [2.75, 3.05) is 11.9 Å². The van der Waals surface area contributed by atoms with Gasteiger partial charge in [0.05, 0.1) is 24.4 Å². The van der Waals surface area contributed by atoms with E-state index in [1.165, 1.54) is 36.8 Å². The number of benzene rings is 1. The van der Waals surface area contributed by atoms with E-state index in [9.17, 15) is 0 Å². The molecule has 1 aliphatic rings. The lowest BCUT2D eigenvalue weighted by atomic mass is 9.88. The predicted molar refractivity (Wildman–Crippen MR) is 113 cm³/mol. The molecule has 5 heteroatoms. The lowest BCUT2D eigenvalue weighted by molar-refractivity contribution is 0.304. The highest BCUT2D eigenvalue weighted by Crippen LogP contribution is 2.33. The van der Waals surface area contributed by atoms with Crippen molar-refractivity contribution < 1.29 is 4.74 Å². The van der Waals surface area contributed by atoms with Gasteiger partial charge in [-0.2, -0.15) is 0 Å². The number of nitrogens with one attached hydrogen (secondary N) is 1. The van der Waals surface area contributed by atoms with Gasteiger partial charge in [-0.25, -0.2) is 15.0 Å². The van der Waals surface area contributed by atoms with Crippen molar-refractivity contribution in [2.45, 2.75) is 57.9 Å². The molecule has 5 nitrogen and oxygen atoms in total. The number of unbranched alkanes of at least 4 members (excludes halogenated alkanes) is 3. The number of rotatable bonds is 8. The van der Waals surface area contributed by atoms with Crippen LogP contribution in [0.2, 0.25) is 0 Å². The number of hydrogen-bond donors (Lipinski definition) is 1. The fraction of sp³-hybridized carbons (Fsp3) is 0.435. The summed E-state index contributed by atoms with van der Waals surface area (Å²) in [7, 11) is 0. The topological polar surface area (TPSA) is 59.9 Å². The normalized spacial score (nSPS) is 16.0. The first-order valence-electron chi connectivity index (χ1n) is 10.4. The molecule has 1 unspecified atom stereocenters. The summed E-state index contributed by atoms with van der Waals surface area (Å²) < 4.78 is 5.85. The minimum Gasteiger partial charge on any atom is -0.492 e. The van der Waals surface area contributed by atoms with Crippen molar-refractivity contribution in [3.63, 3.8) is 0 Å². The highest BCUT2D eigenvalue weighted by atomic mass is 16.5. The van der Waals surface area contributed by atoms with Crippen molar-refractivity contribution >= 4 is 16.9 Å². The zero-order valence-corrected chi connectivity index (χ0v) is 16.5. The van der Waals surface area contributed by atoms with E-state index in [2.05, 4.69) is 51.5 Å². The van der Waals surface area contributed by atoms with E-state index in [1.54, 1.807) is 12.5 Å². The largest absolute Gasteiger partial charge is 0.492 e. The summed E-state index contributed by atoms with van der Waals surface area (Å²) in [5.74, 6) is 1.57. The third kappa shape index (κ3) is 4.24. The molecule has 1 N–H and O–H groups in total. The first-order valence-corrected chi connectivity index (χ1v) is 10.4. The molecule has 0 saturated carbocycles. The maximum Gasteiger partial charge on any atom is 0.156 e. The minimum absolute atomic E-state index is 0.263. The van der Waals surface area contributed by atoms with Crippen LogP contribution in [0.15, 0.2) is 42.9 Å². The molecule has 2 aromatic heterocycles. The smallest absolute Gasteiger partial charge is 0.156 e. The molecule has 2 heterocycles. The third-order valence-corrected chi connectivity index (χ3v) is 5.40. The summed E-state index contributed by atoms with van der Waals surface area (Å²) in [6, 6.07) is 10.9. The Morgan fingerprint density at radius 2 is 2.04 bits per heavy atom. The summed E-state index contributed by atoms with van der Waals surface area (Å²) >= 11 is 0. The van der Waals surface area contributed by atoms with Gasteiger partial charge in [-0.1, -0.05) is 50.5 Å². The second-order valence-corrected chi connectivity index (χ2v) is 7.46. The van der Waals surface area contributed by atoms with E-state index in [1.807, 2.05) is 6.07 Å². The molecule has 4 rings (SSSR count). The number of pyridine rings is 1. The van der Waals surface area contributed by atoms with Gasteiger partial charge in [0.25, 0.3) is 0 Å². The quantitative estimate of drug-likeness (QED) is 0.528. The number of ether oxygens (including phenoxy) is 1. The van der Waals surface area contributed by atoms with Crippen LogP contribution < -0.4 is 10.1 Å². The summed E-state index contributed by atoms with van der Waals surface area (Å²) in [5, 5.41) is 3.61. The van der Waals surface area contributed by atoms with Gasteiger partial charge in [-0.05, 0) is 36.8 Å². The van der Waals surface area contributed by atoms with E-state index in [-0.39, 0.29) is 6.04 Å². The van der Waals surface area contributed by atoms with Gasteiger partial charge in [-0.15, -0.1) is 0 Å². The number of anilines is 1. The van der Waals surface area contributed by atoms with Crippen molar-refractivity contribution in [1.82, 2.24) is 15.0 Å². The molecule has 3 aromatic rings. The number of hydrogen-bond acceptors (Lipinski definition) is 5. The minimum atomic E-state index is 0.263. The average Bonchev–Trinajstić information content (AvgIpc) is 2.74. The lowest BCUT2D eigenvalue weighted by Crippen LogP contribution is -2.18. The standard InChI is InChI=1S/C23H28N4O/c1-2-3-4-7-13-28-18-14-21-22(24-15-18)23(26-16-25-21)27-20-12-8-10-17-9-5-6-11-19(17)20/h5-6,9,11,14-16,20H,2-4,7-8,10,12-13H2,1H3,(H,25,26,27). The van der Waals surface area contributed by atoms with Crippen LogP contribution in [0, 0.1) is 0 Å². The van der Waals surface area contributed by atoms with Crippen molar-refractivity contribution in [2.24, 2.45) is 0 Å². The molecular weight excluding hydrogens is 348 g/mol. The second kappa shape index (κ2) is 9.00. The van der Waals surface area contributed by atoms with E-state index in [0.29, 0.717) is 0 Å². The maximum atomic E-state index is 5.85. The van der Waals surface area contributed by atoms with Crippen LogP contribution in [0.4, 0.5) is 5.82 Å². The van der Waals surface area contributed by atoms with Gasteiger partial charge >= 0.3 is 0 Å². The number of nitrogens with zero attached hydrogens (tertiary/aromatic N) is 3. The summed E-state index contributed by atoms with van der Waals surface area (Å²) in [4.78, 5) is 13.5. The fourth-order valence-electron chi connectivity index (χ4n) is 3.90. The summed E-state index contributed by atoms with van der Waals surface area (Å²) in [6.07, 6.45) is 11.6. The first kappa shape index (κ1) is 18.7. The Bertz CT molecular complexity index is 927. The molecule has 0 aliphatic heterocycles. The molecule has 146 valence electrons. The zero-order chi connectivity index (χ0) is 19.2. The van der Waals surface area contributed by atoms with Crippen LogP contribution in [0.25, 0.3) is 11.0 Å². The van der Waals surface area contributed by atoms with E-state index in [4.69, 9.17) is 4.74 Å². The Morgan fingerprint density at radius 1 is 1.11 bits per heavy atom. The molecule has 0 radical (unpaired) electrons. The molecule has 28 heavy (non-hydrogen) atoms. The first-order chi connectivity index (χ1) is 13.8. The Labute approximate surface area is 166 Å². The highest BCUT2D eigenvalue weighted by Gasteiger charge is 2.21. The van der Waals surface area contributed by atoms with Gasteiger partial charge in [-0.3, -0.25) is 0 Å². The Balaban J connectivity index is 1.50. The fourth-order valence-corrected chi connectivity index (χ4v) is 3.90. The molecule has 1 aliphatic carbocycles. The Kier molecular flexibility index (Phi) is 6.00. The van der Waals surface area contributed by atoms with E-state index >= 15 is 0 Å². The second-order valence-electron chi connectivity index (χ2n) is 7.46. The van der Waals surface area contributed by atoms with Gasteiger partial charge in [0, 0.05) is 6.07 Å². The SMILES string of the molecule is CCCCCCOc1cnc2c(NC3CCCc4ccccc43)ncnc2c1. The van der Waals surface area contributed by atoms with E-state index in [0.717, 1.165) is 48.5 Å². The summed E-state index contributed by atoms with van der Waals surface area (Å²) in [5.41, 5.74) is 4.40. The van der Waals surface area contributed by atoms with Crippen LogP contribution in [0.3, 0.4) is 0 Å². The third-order valence-electron chi connectivity index (χ3n) is 5.40. The monoisotopic (exact) mass is 376 g/mol. The molecule has 1 aromatic carbocycles. The highest BCUT2D eigenvalue weighted by molar-refractivity contribution is 5.85. The summed E-state index contributed by atoms with van der Waals surface area (Å²) in [6.45, 7) is 2.94. The van der Waals surface area contributed by atoms with Gasteiger partial charge < -0.3 is 10.1 Å². The van der Waals surface area contributed by atoms with Crippen molar-refractivity contribution in [1.29, 1.82) is 0 Å². The maximum absolute atomic E-state index is 5.85. The van der Waals surface area contributed by atoms with Crippen LogP contribution in [0.5, 0.6) is 5.75 Å². The molecule has 0 fully saturated rings. The average molecular weight is 377 g/mol. The number of aryl methyl sites for hydroxylation is 1. The van der Waals surface area contributed by atoms with Crippen molar-refractivity contribution in [3.8, 4) is 5.75 Å². The lowest BCUT2D eigenvalue weighted by Gasteiger charge is -2.27. The number of fused-ring (bicyclic) bond motifs is 2. The Morgan fingerprint density at radius 3 is 2.96 bits per heavy atom. The number of aromatic nitrogens is 3. The Hall–Kier alpha value is -2.69. The van der Waals surface area contributed by atoms with Gasteiger partial charge in [0.15, 0.2) is 5.82 Å². The molecule has 0 spiro atoms. The molecule has 0 saturated heterocycles. The van der Waals surface area contributed by atoms with Gasteiger partial charge in [0.2, 0.25) is 0 Å². The van der Waals surface area contributed by atoms with Gasteiger partial charge in [0.1, 0.15) is 17.6 Å². The molecule has 0 bridgehead atoms. The molecule has 1 atom stereocenters. The molecular formula is C23H28N4O. The van der Waals surface area contributed by atoms with E-state index < -0.39 is 0 Å². The predicted octanol–water partition coefficient (Wildman–Crippen LogP) is 5.47. The molecule has 0 amide bonds. The van der Waals surface area contributed by atoms with Crippen LogP contribution in [-0.2, 0) is 6.42 Å². The van der Waals surface area contributed by atoms with Crippen LogP contribution in [0.1, 0.15) is 62.6 Å². The van der Waals surface area contributed by atoms with Crippen LogP contribution in [-0.4, -0.2) is 21.6 Å². The van der Waals surface area contributed by atoms with Crippen LogP contribution >= 0.6 is 0 Å². The van der Waals surface area contributed by atoms with Crippen molar-refractivity contribution in [3.05, 3.63) is 54.0 Å². The zero-order valence-electron chi connectivity index (χ0n) is 16.5.